The van der Waals surface area contributed by atoms with Crippen molar-refractivity contribution in [1.29, 1.82) is 0 Å². The Kier molecular flexibility index (Phi) is 3.05. The molecule has 1 unspecified atom stereocenters. The van der Waals surface area contributed by atoms with E-state index in [0.717, 1.165) is 0 Å². The number of rotatable bonds is 3. The summed E-state index contributed by atoms with van der Waals surface area (Å²) in [7, 11) is 0. The SMILES string of the molecule is CCOC(=O)CC1(S)N=NCO1. The van der Waals surface area contributed by atoms with Crippen LogP contribution in [0.3, 0.4) is 0 Å². The summed E-state index contributed by atoms with van der Waals surface area (Å²) in [4.78, 5) is 11.0. The molecule has 0 spiro atoms. The summed E-state index contributed by atoms with van der Waals surface area (Å²) < 4.78 is 9.69. The molecule has 12 heavy (non-hydrogen) atoms. The van der Waals surface area contributed by atoms with E-state index in [1.54, 1.807) is 6.92 Å². The van der Waals surface area contributed by atoms with Crippen LogP contribution in [0.15, 0.2) is 10.2 Å². The molecule has 1 aliphatic heterocycles. The number of azo groups is 1. The van der Waals surface area contributed by atoms with Crippen LogP contribution in [0.25, 0.3) is 0 Å². The van der Waals surface area contributed by atoms with Crippen LogP contribution in [-0.4, -0.2) is 24.4 Å². The van der Waals surface area contributed by atoms with Gasteiger partial charge in [-0.25, -0.2) is 0 Å². The summed E-state index contributed by atoms with van der Waals surface area (Å²) in [6, 6.07) is 0. The lowest BCUT2D eigenvalue weighted by atomic mass is 10.4. The minimum atomic E-state index is -1.10. The van der Waals surface area contributed by atoms with Crippen LogP contribution in [0, 0.1) is 0 Å². The number of hydrogen-bond donors (Lipinski definition) is 1. The summed E-state index contributed by atoms with van der Waals surface area (Å²) in [5.74, 6) is -0.381. The number of ether oxygens (including phenoxy) is 2. The molecule has 0 amide bonds. The molecule has 1 heterocycles. The quantitative estimate of drug-likeness (QED) is 0.532. The predicted octanol–water partition coefficient (Wildman–Crippen LogP) is 0.963. The molecule has 0 bridgehead atoms. The summed E-state index contributed by atoms with van der Waals surface area (Å²) in [5, 5.41) is 6.12. The molecular weight excluding hydrogens is 180 g/mol. The van der Waals surface area contributed by atoms with E-state index in [-0.39, 0.29) is 19.1 Å². The number of hydrogen-bond acceptors (Lipinski definition) is 6. The smallest absolute Gasteiger partial charge is 0.311 e. The van der Waals surface area contributed by atoms with E-state index in [1.807, 2.05) is 0 Å². The van der Waals surface area contributed by atoms with Gasteiger partial charge in [0.15, 0.2) is 6.73 Å². The van der Waals surface area contributed by atoms with Crippen molar-refractivity contribution < 1.29 is 14.3 Å². The van der Waals surface area contributed by atoms with Gasteiger partial charge in [-0.05, 0) is 6.92 Å². The van der Waals surface area contributed by atoms with E-state index in [9.17, 15) is 4.79 Å². The number of carbonyl (C=O) groups excluding carboxylic acids is 1. The highest BCUT2D eigenvalue weighted by molar-refractivity contribution is 7.81. The van der Waals surface area contributed by atoms with Gasteiger partial charge in [-0.2, -0.15) is 5.11 Å². The fourth-order valence-corrected chi connectivity index (χ4v) is 1.04. The second-order valence-electron chi connectivity index (χ2n) is 2.24. The van der Waals surface area contributed by atoms with Crippen LogP contribution >= 0.6 is 12.6 Å². The lowest BCUT2D eigenvalue weighted by Crippen LogP contribution is -2.24. The van der Waals surface area contributed by atoms with Crippen molar-refractivity contribution in [3.63, 3.8) is 0 Å². The number of thiol groups is 1. The van der Waals surface area contributed by atoms with Crippen LogP contribution < -0.4 is 0 Å². The van der Waals surface area contributed by atoms with E-state index in [4.69, 9.17) is 9.47 Å². The first-order valence-corrected chi connectivity index (χ1v) is 4.01. The first kappa shape index (κ1) is 9.47. The Bertz CT molecular complexity index is 209. The van der Waals surface area contributed by atoms with Crippen LogP contribution in [0.5, 0.6) is 0 Å². The number of esters is 1. The van der Waals surface area contributed by atoms with Gasteiger partial charge in [-0.3, -0.25) is 4.79 Å². The maximum Gasteiger partial charge on any atom is 0.311 e. The molecule has 0 saturated carbocycles. The molecule has 0 aromatic heterocycles. The van der Waals surface area contributed by atoms with Crippen molar-refractivity contribution in [1.82, 2.24) is 0 Å². The van der Waals surface area contributed by atoms with Crippen LogP contribution in [0.2, 0.25) is 0 Å². The molecule has 0 N–H and O–H groups in total. The van der Waals surface area contributed by atoms with Crippen LogP contribution in [-0.2, 0) is 14.3 Å². The first-order valence-electron chi connectivity index (χ1n) is 3.57. The Morgan fingerprint density at radius 2 is 2.58 bits per heavy atom. The van der Waals surface area contributed by atoms with Crippen molar-refractivity contribution in [2.75, 3.05) is 13.3 Å². The van der Waals surface area contributed by atoms with Crippen molar-refractivity contribution in [3.05, 3.63) is 0 Å². The topological polar surface area (TPSA) is 60.2 Å². The average molecular weight is 190 g/mol. The molecule has 0 fully saturated rings. The summed E-state index contributed by atoms with van der Waals surface area (Å²) in [5.41, 5.74) is 0. The van der Waals surface area contributed by atoms with Gasteiger partial charge in [0.25, 0.3) is 0 Å². The highest BCUT2D eigenvalue weighted by Crippen LogP contribution is 2.27. The third-order valence-electron chi connectivity index (χ3n) is 1.26. The Morgan fingerprint density at radius 1 is 1.83 bits per heavy atom. The fraction of sp³-hybridized carbons (Fsp3) is 0.833. The molecule has 0 aliphatic carbocycles. The Hall–Kier alpha value is -0.620. The molecular formula is C6H10N2O3S. The van der Waals surface area contributed by atoms with Gasteiger partial charge in [0.2, 0.25) is 5.06 Å². The third kappa shape index (κ3) is 2.46. The van der Waals surface area contributed by atoms with Gasteiger partial charge >= 0.3 is 5.97 Å². The maximum absolute atomic E-state index is 11.0. The molecule has 68 valence electrons. The highest BCUT2D eigenvalue weighted by atomic mass is 32.1. The van der Waals surface area contributed by atoms with Gasteiger partial charge in [-0.15, -0.1) is 17.7 Å². The molecule has 0 saturated heterocycles. The van der Waals surface area contributed by atoms with E-state index in [2.05, 4.69) is 22.9 Å². The fourth-order valence-electron chi connectivity index (χ4n) is 0.787. The average Bonchev–Trinajstić information content (AvgIpc) is 2.36. The molecule has 1 atom stereocenters. The minimum Gasteiger partial charge on any atom is -0.466 e. The van der Waals surface area contributed by atoms with Crippen molar-refractivity contribution in [2.24, 2.45) is 10.2 Å². The lowest BCUT2D eigenvalue weighted by Gasteiger charge is -2.15. The van der Waals surface area contributed by atoms with E-state index >= 15 is 0 Å². The molecule has 1 rings (SSSR count). The number of nitrogens with zero attached hydrogens (tertiary/aromatic N) is 2. The minimum absolute atomic E-state index is 0.00650. The van der Waals surface area contributed by atoms with Gasteiger partial charge < -0.3 is 9.47 Å². The van der Waals surface area contributed by atoms with Crippen LogP contribution in [0.4, 0.5) is 0 Å². The zero-order valence-electron chi connectivity index (χ0n) is 6.69. The molecule has 0 radical (unpaired) electrons. The summed E-state index contributed by atoms with van der Waals surface area (Å²) in [6.07, 6.45) is -0.00650. The van der Waals surface area contributed by atoms with E-state index < -0.39 is 5.06 Å². The zero-order valence-corrected chi connectivity index (χ0v) is 7.58. The summed E-state index contributed by atoms with van der Waals surface area (Å²) >= 11 is 4.03. The monoisotopic (exact) mass is 190 g/mol. The van der Waals surface area contributed by atoms with Gasteiger partial charge in [0.05, 0.1) is 6.61 Å². The van der Waals surface area contributed by atoms with Crippen molar-refractivity contribution in [3.8, 4) is 0 Å². The molecule has 0 aromatic carbocycles. The molecule has 6 heteroatoms. The largest absolute Gasteiger partial charge is 0.466 e. The van der Waals surface area contributed by atoms with E-state index in [1.165, 1.54) is 0 Å². The lowest BCUT2D eigenvalue weighted by molar-refractivity contribution is -0.146. The Labute approximate surface area is 75.5 Å². The second kappa shape index (κ2) is 3.86. The van der Waals surface area contributed by atoms with E-state index in [0.29, 0.717) is 6.61 Å². The molecule has 1 aliphatic rings. The third-order valence-corrected chi connectivity index (χ3v) is 1.64. The van der Waals surface area contributed by atoms with Gasteiger partial charge in [0.1, 0.15) is 6.42 Å². The second-order valence-corrected chi connectivity index (χ2v) is 2.94. The maximum atomic E-state index is 11.0. The molecule has 0 aromatic rings. The summed E-state index contributed by atoms with van der Waals surface area (Å²) in [6.45, 7) is 2.24. The first-order chi connectivity index (χ1) is 5.66. The highest BCUT2D eigenvalue weighted by Gasteiger charge is 2.33. The Morgan fingerprint density at radius 3 is 3.08 bits per heavy atom. The Balaban J connectivity index is 2.39. The normalized spacial score (nSPS) is 27.5. The molecule has 5 nitrogen and oxygen atoms in total. The number of carbonyl (C=O) groups is 1. The van der Waals surface area contributed by atoms with Crippen LogP contribution in [0.1, 0.15) is 13.3 Å². The van der Waals surface area contributed by atoms with Crippen molar-refractivity contribution >= 4 is 18.6 Å². The zero-order chi connectivity index (χ0) is 9.03. The van der Waals surface area contributed by atoms with Gasteiger partial charge in [-0.1, -0.05) is 0 Å². The van der Waals surface area contributed by atoms with Gasteiger partial charge in [0, 0.05) is 0 Å². The standard InChI is InChI=1S/C6H10N2O3S/c1-2-10-5(9)3-6(12)8-7-4-11-6/h12H,2-4H2,1H3. The predicted molar refractivity (Wildman–Crippen MR) is 43.8 cm³/mol. The van der Waals surface area contributed by atoms with Crippen molar-refractivity contribution in [2.45, 2.75) is 18.4 Å².